The average Bonchev–Trinajstić information content (AvgIpc) is 2.29. The number of hydrogen-bond acceptors (Lipinski definition) is 4. The Morgan fingerprint density at radius 2 is 2.11 bits per heavy atom. The van der Waals surface area contributed by atoms with Crippen LogP contribution in [0.3, 0.4) is 0 Å². The lowest BCUT2D eigenvalue weighted by Gasteiger charge is -2.21. The van der Waals surface area contributed by atoms with Crippen LogP contribution in [0.5, 0.6) is 0 Å². The predicted octanol–water partition coefficient (Wildman–Crippen LogP) is 0.507. The summed E-state index contributed by atoms with van der Waals surface area (Å²) in [5, 5.41) is 5.61. The Hall–Kier alpha value is -2.11. The maximum atomic E-state index is 11.9. The number of pyridine rings is 1. The quantitative estimate of drug-likeness (QED) is 0.709. The Balaban J connectivity index is 2.84. The number of aromatic nitrogens is 1. The van der Waals surface area contributed by atoms with Crippen molar-refractivity contribution < 1.29 is 9.59 Å². The van der Waals surface area contributed by atoms with Crippen molar-refractivity contribution in [1.82, 2.24) is 10.3 Å². The summed E-state index contributed by atoms with van der Waals surface area (Å²) in [6, 6.07) is 3.38. The zero-order valence-corrected chi connectivity index (χ0v) is 10.8. The van der Waals surface area contributed by atoms with Gasteiger partial charge in [-0.25, -0.2) is 0 Å². The van der Waals surface area contributed by atoms with Gasteiger partial charge >= 0.3 is 0 Å². The van der Waals surface area contributed by atoms with Gasteiger partial charge in [0.2, 0.25) is 5.91 Å². The van der Waals surface area contributed by atoms with E-state index in [0.29, 0.717) is 0 Å². The molecular weight excluding hydrogens is 232 g/mol. The Morgan fingerprint density at radius 3 is 2.67 bits per heavy atom. The lowest BCUT2D eigenvalue weighted by atomic mass is 10.0. The third-order valence-electron chi connectivity index (χ3n) is 2.42. The van der Waals surface area contributed by atoms with Crippen LogP contribution in [-0.4, -0.2) is 28.9 Å². The predicted molar refractivity (Wildman–Crippen MR) is 69.1 cm³/mol. The van der Waals surface area contributed by atoms with E-state index in [0.717, 1.165) is 12.2 Å². The first kappa shape index (κ1) is 14.0. The largest absolute Gasteiger partial charge is 0.385 e. The van der Waals surface area contributed by atoms with E-state index in [1.54, 1.807) is 26.0 Å². The van der Waals surface area contributed by atoms with Crippen LogP contribution in [0.2, 0.25) is 0 Å². The molecule has 0 spiro atoms. The summed E-state index contributed by atoms with van der Waals surface area (Å²) in [4.78, 5) is 27.0. The molecule has 0 radical (unpaired) electrons. The number of anilines is 1. The summed E-state index contributed by atoms with van der Waals surface area (Å²) in [6.07, 6.45) is 1.53. The van der Waals surface area contributed by atoms with Crippen molar-refractivity contribution in [2.24, 2.45) is 5.73 Å². The topological polar surface area (TPSA) is 97.1 Å². The number of nitrogens with one attached hydrogen (secondary N) is 2. The second kappa shape index (κ2) is 5.48. The van der Waals surface area contributed by atoms with E-state index in [4.69, 9.17) is 5.73 Å². The third kappa shape index (κ3) is 3.44. The van der Waals surface area contributed by atoms with Crippen molar-refractivity contribution >= 4 is 17.5 Å². The van der Waals surface area contributed by atoms with E-state index in [1.165, 1.54) is 6.20 Å². The zero-order valence-electron chi connectivity index (χ0n) is 10.8. The maximum Gasteiger partial charge on any atom is 0.270 e. The van der Waals surface area contributed by atoms with E-state index in [1.807, 2.05) is 6.92 Å². The van der Waals surface area contributed by atoms with E-state index in [2.05, 4.69) is 15.6 Å². The first-order valence-corrected chi connectivity index (χ1v) is 5.69. The van der Waals surface area contributed by atoms with Gasteiger partial charge in [-0.2, -0.15) is 0 Å². The number of carbonyl (C=O) groups is 2. The molecular formula is C12H18N4O2. The fourth-order valence-corrected chi connectivity index (χ4v) is 1.28. The molecule has 1 aromatic heterocycles. The number of amides is 2. The summed E-state index contributed by atoms with van der Waals surface area (Å²) >= 11 is 0. The lowest BCUT2D eigenvalue weighted by molar-refractivity contribution is -0.122. The Labute approximate surface area is 106 Å². The smallest absolute Gasteiger partial charge is 0.270 e. The fraction of sp³-hybridized carbons (Fsp3) is 0.417. The van der Waals surface area contributed by atoms with Gasteiger partial charge in [-0.15, -0.1) is 0 Å². The van der Waals surface area contributed by atoms with Gasteiger partial charge in [0, 0.05) is 18.4 Å². The molecule has 1 rings (SSSR count). The normalized spacial score (nSPS) is 10.8. The molecule has 2 amide bonds. The minimum absolute atomic E-state index is 0.239. The molecule has 0 saturated heterocycles. The van der Waals surface area contributed by atoms with Gasteiger partial charge in [-0.1, -0.05) is 0 Å². The molecule has 0 aliphatic rings. The van der Waals surface area contributed by atoms with Crippen molar-refractivity contribution in [2.45, 2.75) is 26.3 Å². The molecule has 6 heteroatoms. The Kier molecular flexibility index (Phi) is 4.25. The second-order valence-electron chi connectivity index (χ2n) is 4.40. The monoisotopic (exact) mass is 250 g/mol. The van der Waals surface area contributed by atoms with Crippen LogP contribution in [0.1, 0.15) is 31.3 Å². The van der Waals surface area contributed by atoms with Crippen LogP contribution < -0.4 is 16.4 Å². The van der Waals surface area contributed by atoms with E-state index >= 15 is 0 Å². The van der Waals surface area contributed by atoms with E-state index < -0.39 is 17.4 Å². The van der Waals surface area contributed by atoms with Gasteiger partial charge in [-0.05, 0) is 32.9 Å². The Morgan fingerprint density at radius 1 is 1.44 bits per heavy atom. The number of hydrogen-bond donors (Lipinski definition) is 3. The van der Waals surface area contributed by atoms with Crippen molar-refractivity contribution in [2.75, 3.05) is 11.9 Å². The highest BCUT2D eigenvalue weighted by molar-refractivity contribution is 5.97. The molecule has 0 fully saturated rings. The first-order valence-electron chi connectivity index (χ1n) is 5.69. The van der Waals surface area contributed by atoms with Crippen LogP contribution in [0, 0.1) is 0 Å². The highest BCUT2D eigenvalue weighted by atomic mass is 16.2. The molecule has 1 heterocycles. The summed E-state index contributed by atoms with van der Waals surface area (Å²) in [7, 11) is 0. The minimum Gasteiger partial charge on any atom is -0.385 e. The third-order valence-corrected chi connectivity index (χ3v) is 2.42. The van der Waals surface area contributed by atoms with E-state index in [9.17, 15) is 9.59 Å². The number of primary amides is 1. The first-order chi connectivity index (χ1) is 8.36. The van der Waals surface area contributed by atoms with Crippen LogP contribution in [-0.2, 0) is 4.79 Å². The molecule has 1 aromatic rings. The molecule has 0 aliphatic heterocycles. The summed E-state index contributed by atoms with van der Waals surface area (Å²) in [6.45, 7) is 5.79. The number of nitrogens with zero attached hydrogens (tertiary/aromatic N) is 1. The van der Waals surface area contributed by atoms with Crippen molar-refractivity contribution in [1.29, 1.82) is 0 Å². The highest BCUT2D eigenvalue weighted by Gasteiger charge is 2.27. The second-order valence-corrected chi connectivity index (χ2v) is 4.40. The molecule has 0 bridgehead atoms. The molecule has 6 nitrogen and oxygen atoms in total. The van der Waals surface area contributed by atoms with Crippen LogP contribution in [0.4, 0.5) is 5.69 Å². The fourth-order valence-electron chi connectivity index (χ4n) is 1.28. The minimum atomic E-state index is -1.10. The van der Waals surface area contributed by atoms with Crippen LogP contribution in [0.15, 0.2) is 18.3 Å². The van der Waals surface area contributed by atoms with Gasteiger partial charge in [0.05, 0.1) is 0 Å². The molecule has 0 unspecified atom stereocenters. The highest BCUT2D eigenvalue weighted by Crippen LogP contribution is 2.09. The van der Waals surface area contributed by atoms with Crippen molar-refractivity contribution in [3.63, 3.8) is 0 Å². The molecule has 18 heavy (non-hydrogen) atoms. The lowest BCUT2D eigenvalue weighted by Crippen LogP contribution is -2.53. The maximum absolute atomic E-state index is 11.9. The molecule has 98 valence electrons. The van der Waals surface area contributed by atoms with Crippen LogP contribution in [0.25, 0.3) is 0 Å². The van der Waals surface area contributed by atoms with Gasteiger partial charge in [0.1, 0.15) is 11.2 Å². The van der Waals surface area contributed by atoms with Gasteiger partial charge in [-0.3, -0.25) is 14.6 Å². The standard InChI is InChI=1S/C12H18N4O2/c1-4-14-8-5-6-15-9(7-8)10(17)16-12(2,3)11(13)18/h5-7H,4H2,1-3H3,(H2,13,18)(H,14,15)(H,16,17). The number of rotatable bonds is 5. The van der Waals surface area contributed by atoms with Gasteiger partial charge in [0.15, 0.2) is 0 Å². The molecule has 0 atom stereocenters. The SMILES string of the molecule is CCNc1ccnc(C(=O)NC(C)(C)C(N)=O)c1. The number of carbonyl (C=O) groups excluding carboxylic acids is 2. The Bertz CT molecular complexity index is 457. The van der Waals surface area contributed by atoms with Crippen LogP contribution >= 0.6 is 0 Å². The van der Waals surface area contributed by atoms with Gasteiger partial charge < -0.3 is 16.4 Å². The average molecular weight is 250 g/mol. The summed E-state index contributed by atoms with van der Waals surface area (Å²) in [5.74, 6) is -1.03. The molecule has 0 saturated carbocycles. The molecule has 0 aromatic carbocycles. The summed E-state index contributed by atoms with van der Waals surface area (Å²) < 4.78 is 0. The number of nitrogens with two attached hydrogens (primary N) is 1. The van der Waals surface area contributed by atoms with E-state index in [-0.39, 0.29) is 5.69 Å². The zero-order chi connectivity index (χ0) is 13.8. The van der Waals surface area contributed by atoms with Gasteiger partial charge in [0.25, 0.3) is 5.91 Å². The molecule has 4 N–H and O–H groups in total. The van der Waals surface area contributed by atoms with Crippen molar-refractivity contribution in [3.05, 3.63) is 24.0 Å². The van der Waals surface area contributed by atoms with Crippen molar-refractivity contribution in [3.8, 4) is 0 Å². The molecule has 0 aliphatic carbocycles. The summed E-state index contributed by atoms with van der Waals surface area (Å²) in [5.41, 5.74) is 5.12.